The number of aromatic hydroxyl groups is 1. The van der Waals surface area contributed by atoms with E-state index in [2.05, 4.69) is 4.98 Å². The molecule has 172 valence electrons. The number of phenolic OH excluding ortho intramolecular Hbond substituents is 1. The number of benzene rings is 2. The highest BCUT2D eigenvalue weighted by molar-refractivity contribution is 5.99. The van der Waals surface area contributed by atoms with Crippen molar-refractivity contribution < 1.29 is 19.1 Å². The van der Waals surface area contributed by atoms with Crippen molar-refractivity contribution in [3.63, 3.8) is 0 Å². The van der Waals surface area contributed by atoms with Gasteiger partial charge in [0.2, 0.25) is 5.76 Å². The summed E-state index contributed by atoms with van der Waals surface area (Å²) < 4.78 is 11.7. The number of hydrogen-bond donors (Lipinski definition) is 1. The van der Waals surface area contributed by atoms with Gasteiger partial charge in [-0.2, -0.15) is 0 Å². The average Bonchev–Trinajstić information content (AvgIpc) is 3.07. The van der Waals surface area contributed by atoms with Gasteiger partial charge in [0, 0.05) is 18.9 Å². The Bertz CT molecular complexity index is 1480. The van der Waals surface area contributed by atoms with Crippen molar-refractivity contribution >= 4 is 16.9 Å². The highest BCUT2D eigenvalue weighted by atomic mass is 16.5. The first kappa shape index (κ1) is 21.7. The van der Waals surface area contributed by atoms with Gasteiger partial charge in [-0.15, -0.1) is 0 Å². The summed E-state index contributed by atoms with van der Waals surface area (Å²) in [7, 11) is 0. The molecule has 1 atom stereocenters. The van der Waals surface area contributed by atoms with Crippen molar-refractivity contribution in [2.75, 3.05) is 6.61 Å². The zero-order valence-corrected chi connectivity index (χ0v) is 19.2. The number of fused-ring (bicyclic) bond motifs is 2. The van der Waals surface area contributed by atoms with Crippen LogP contribution in [0.3, 0.4) is 0 Å². The van der Waals surface area contributed by atoms with Crippen LogP contribution in [0.15, 0.2) is 64.1 Å². The average molecular weight is 456 g/mol. The van der Waals surface area contributed by atoms with E-state index in [0.717, 1.165) is 16.7 Å². The van der Waals surface area contributed by atoms with E-state index < -0.39 is 6.04 Å². The third-order valence-electron chi connectivity index (χ3n) is 6.09. The Balaban J connectivity index is 1.76. The summed E-state index contributed by atoms with van der Waals surface area (Å²) in [5, 5.41) is 10.7. The van der Waals surface area contributed by atoms with E-state index in [1.165, 1.54) is 6.07 Å². The van der Waals surface area contributed by atoms with Crippen LogP contribution in [-0.4, -0.2) is 27.5 Å². The summed E-state index contributed by atoms with van der Waals surface area (Å²) in [4.78, 5) is 33.2. The second kappa shape index (κ2) is 8.33. The summed E-state index contributed by atoms with van der Waals surface area (Å²) >= 11 is 0. The van der Waals surface area contributed by atoms with Gasteiger partial charge in [-0.05, 0) is 67.3 Å². The zero-order chi connectivity index (χ0) is 24.0. The fourth-order valence-corrected chi connectivity index (χ4v) is 4.68. The number of aromatic nitrogens is 1. The molecular weight excluding hydrogens is 432 g/mol. The smallest absolute Gasteiger partial charge is 0.291 e. The van der Waals surface area contributed by atoms with Crippen molar-refractivity contribution in [2.45, 2.75) is 33.4 Å². The number of hydrogen-bond acceptors (Lipinski definition) is 6. The number of phenols is 1. The number of pyridine rings is 1. The molecule has 5 rings (SSSR count). The zero-order valence-electron chi connectivity index (χ0n) is 19.2. The van der Waals surface area contributed by atoms with E-state index in [1.54, 1.807) is 41.6 Å². The molecule has 0 radical (unpaired) electrons. The van der Waals surface area contributed by atoms with E-state index in [-0.39, 0.29) is 29.4 Å². The lowest BCUT2D eigenvalue weighted by molar-refractivity contribution is 0.0714. The van der Waals surface area contributed by atoms with Gasteiger partial charge in [-0.3, -0.25) is 14.6 Å². The molecule has 1 unspecified atom stereocenters. The normalized spacial score (nSPS) is 15.1. The van der Waals surface area contributed by atoms with Gasteiger partial charge in [-0.1, -0.05) is 18.2 Å². The molecule has 1 aliphatic rings. The Labute approximate surface area is 196 Å². The van der Waals surface area contributed by atoms with Crippen LogP contribution >= 0.6 is 0 Å². The standard InChI is InChI=1S/C27H24N2O5/c1-4-33-20-12-18(7-8-19(20)30)24-23-25(31)22-16(3)10-15(2)11-21(22)34-26(23)27(32)29(24)14-17-6-5-9-28-13-17/h5-13,24,30H,4,14H2,1-3H3. The molecule has 4 aromatic rings. The number of aryl methyl sites for hydroxylation is 2. The highest BCUT2D eigenvalue weighted by Gasteiger charge is 2.43. The van der Waals surface area contributed by atoms with Crippen LogP contribution in [0.2, 0.25) is 0 Å². The first-order valence-electron chi connectivity index (χ1n) is 11.1. The van der Waals surface area contributed by atoms with E-state index in [4.69, 9.17) is 9.15 Å². The predicted molar refractivity (Wildman–Crippen MR) is 127 cm³/mol. The van der Waals surface area contributed by atoms with Gasteiger partial charge in [0.05, 0.1) is 23.6 Å². The van der Waals surface area contributed by atoms with Crippen molar-refractivity contribution in [3.8, 4) is 11.5 Å². The number of ether oxygens (including phenoxy) is 1. The summed E-state index contributed by atoms with van der Waals surface area (Å²) in [6.45, 7) is 6.21. The van der Waals surface area contributed by atoms with Crippen molar-refractivity contribution in [1.29, 1.82) is 0 Å². The molecule has 3 heterocycles. The number of rotatable bonds is 5. The summed E-state index contributed by atoms with van der Waals surface area (Å²) in [5.41, 5.74) is 3.67. The molecule has 7 nitrogen and oxygen atoms in total. The van der Waals surface area contributed by atoms with Gasteiger partial charge in [-0.25, -0.2) is 0 Å². The molecule has 0 saturated carbocycles. The van der Waals surface area contributed by atoms with Gasteiger partial charge in [0.15, 0.2) is 16.9 Å². The Hall–Kier alpha value is -4.13. The van der Waals surface area contributed by atoms with Crippen molar-refractivity contribution in [2.24, 2.45) is 0 Å². The van der Waals surface area contributed by atoms with Crippen molar-refractivity contribution in [3.05, 3.63) is 98.7 Å². The minimum atomic E-state index is -0.705. The summed E-state index contributed by atoms with van der Waals surface area (Å²) in [6, 6.07) is 11.6. The SMILES string of the molecule is CCOc1cc(C2c3c(oc4cc(C)cc(C)c4c3=O)C(=O)N2Cc2cccnc2)ccc1O. The first-order chi connectivity index (χ1) is 16.4. The van der Waals surface area contributed by atoms with Crippen LogP contribution in [0.25, 0.3) is 11.0 Å². The van der Waals surface area contributed by atoms with E-state index in [0.29, 0.717) is 34.5 Å². The van der Waals surface area contributed by atoms with Crippen LogP contribution < -0.4 is 10.2 Å². The lowest BCUT2D eigenvalue weighted by Gasteiger charge is -2.25. The van der Waals surface area contributed by atoms with Crippen LogP contribution in [-0.2, 0) is 6.54 Å². The maximum absolute atomic E-state index is 13.8. The molecule has 1 N–H and O–H groups in total. The number of amides is 1. The molecule has 34 heavy (non-hydrogen) atoms. The van der Waals surface area contributed by atoms with Gasteiger partial charge >= 0.3 is 0 Å². The fourth-order valence-electron chi connectivity index (χ4n) is 4.68. The molecule has 1 amide bonds. The third kappa shape index (κ3) is 3.50. The van der Waals surface area contributed by atoms with Crippen LogP contribution in [0.4, 0.5) is 0 Å². The minimum absolute atomic E-state index is 0.00850. The Morgan fingerprint density at radius 3 is 2.71 bits per heavy atom. The summed E-state index contributed by atoms with van der Waals surface area (Å²) in [6.07, 6.45) is 3.35. The molecule has 2 aromatic carbocycles. The Morgan fingerprint density at radius 2 is 1.97 bits per heavy atom. The predicted octanol–water partition coefficient (Wildman–Crippen LogP) is 4.65. The quantitative estimate of drug-likeness (QED) is 0.470. The van der Waals surface area contributed by atoms with E-state index in [9.17, 15) is 14.7 Å². The van der Waals surface area contributed by atoms with E-state index >= 15 is 0 Å². The van der Waals surface area contributed by atoms with Gasteiger partial charge < -0.3 is 19.2 Å². The lowest BCUT2D eigenvalue weighted by Crippen LogP contribution is -2.29. The second-order valence-electron chi connectivity index (χ2n) is 8.49. The first-order valence-corrected chi connectivity index (χ1v) is 11.1. The minimum Gasteiger partial charge on any atom is -0.504 e. The maximum Gasteiger partial charge on any atom is 0.291 e. The van der Waals surface area contributed by atoms with E-state index in [1.807, 2.05) is 32.9 Å². The lowest BCUT2D eigenvalue weighted by atomic mass is 9.96. The van der Waals surface area contributed by atoms with Crippen LogP contribution in [0.1, 0.15) is 51.3 Å². The summed E-state index contributed by atoms with van der Waals surface area (Å²) in [5.74, 6) is -0.0412. The Kier molecular flexibility index (Phi) is 5.32. The molecule has 0 fully saturated rings. The van der Waals surface area contributed by atoms with Gasteiger partial charge in [0.1, 0.15) is 5.58 Å². The molecule has 1 aliphatic heterocycles. The number of carbonyl (C=O) groups is 1. The van der Waals surface area contributed by atoms with Crippen molar-refractivity contribution in [1.82, 2.24) is 9.88 Å². The molecule has 2 aromatic heterocycles. The fraction of sp³-hybridized carbons (Fsp3) is 0.222. The van der Waals surface area contributed by atoms with Crippen LogP contribution in [0, 0.1) is 13.8 Å². The topological polar surface area (TPSA) is 92.9 Å². The molecular formula is C27H24N2O5. The maximum atomic E-state index is 13.8. The number of nitrogens with zero attached hydrogens (tertiary/aromatic N) is 2. The largest absolute Gasteiger partial charge is 0.504 e. The highest BCUT2D eigenvalue weighted by Crippen LogP contribution is 2.41. The number of carbonyl (C=O) groups excluding carboxylic acids is 1. The third-order valence-corrected chi connectivity index (χ3v) is 6.09. The molecule has 7 heteroatoms. The Morgan fingerprint density at radius 1 is 1.15 bits per heavy atom. The molecule has 0 bridgehead atoms. The monoisotopic (exact) mass is 456 g/mol. The van der Waals surface area contributed by atoms with Crippen LogP contribution in [0.5, 0.6) is 11.5 Å². The molecule has 0 aliphatic carbocycles. The molecule has 0 saturated heterocycles. The second-order valence-corrected chi connectivity index (χ2v) is 8.49. The molecule has 0 spiro atoms. The van der Waals surface area contributed by atoms with Gasteiger partial charge in [0.25, 0.3) is 5.91 Å².